The fraction of sp³-hybridized carbons (Fsp3) is 0.208. The first-order valence-electron chi connectivity index (χ1n) is 10.3. The van der Waals surface area contributed by atoms with Gasteiger partial charge in [0.15, 0.2) is 11.5 Å². The topological polar surface area (TPSA) is 124 Å². The highest BCUT2D eigenvalue weighted by molar-refractivity contribution is 6.04. The summed E-state index contributed by atoms with van der Waals surface area (Å²) < 4.78 is 20.5. The van der Waals surface area contributed by atoms with E-state index in [1.807, 2.05) is 38.4 Å². The summed E-state index contributed by atoms with van der Waals surface area (Å²) in [5.74, 6) is -0.0294. The molecule has 4 N–H and O–H groups in total. The number of phenols is 1. The second-order valence-electron chi connectivity index (χ2n) is 7.85. The number of hydrogen-bond donors (Lipinski definition) is 3. The number of pyridine rings is 1. The smallest absolute Gasteiger partial charge is 0.158 e. The lowest BCUT2D eigenvalue weighted by molar-refractivity contribution is 0.281. The van der Waals surface area contributed by atoms with Crippen LogP contribution in [0.4, 0.5) is 10.2 Å². The number of nitriles is 1. The lowest BCUT2D eigenvalue weighted by Gasteiger charge is -2.13. The van der Waals surface area contributed by atoms with Crippen LogP contribution in [-0.2, 0) is 0 Å². The van der Waals surface area contributed by atoms with E-state index >= 15 is 0 Å². The Balaban J connectivity index is 1.80. The van der Waals surface area contributed by atoms with Crippen molar-refractivity contribution in [2.45, 2.75) is 6.42 Å². The third kappa shape index (κ3) is 4.42. The predicted octanol–water partition coefficient (Wildman–Crippen LogP) is 3.92. The number of nitrogens with zero attached hydrogens (tertiary/aromatic N) is 4. The number of phenolic OH excluding ortho intramolecular Hbond substituents is 1. The van der Waals surface area contributed by atoms with Crippen LogP contribution >= 0.6 is 0 Å². The van der Waals surface area contributed by atoms with Crippen molar-refractivity contribution in [1.29, 1.82) is 5.26 Å². The van der Waals surface area contributed by atoms with Crippen LogP contribution in [0.3, 0.4) is 0 Å². The van der Waals surface area contributed by atoms with Crippen molar-refractivity contribution in [3.8, 4) is 40.0 Å². The van der Waals surface area contributed by atoms with Gasteiger partial charge in [-0.15, -0.1) is 0 Å². The van der Waals surface area contributed by atoms with E-state index in [1.165, 1.54) is 12.1 Å². The fourth-order valence-corrected chi connectivity index (χ4v) is 3.66. The summed E-state index contributed by atoms with van der Waals surface area (Å²) in [6.07, 6.45) is 0.894. The van der Waals surface area contributed by atoms with Crippen molar-refractivity contribution in [3.05, 3.63) is 53.8 Å². The first-order valence-corrected chi connectivity index (χ1v) is 10.3. The quantitative estimate of drug-likeness (QED) is 0.368. The van der Waals surface area contributed by atoms with Gasteiger partial charge in [0.2, 0.25) is 0 Å². The van der Waals surface area contributed by atoms with Gasteiger partial charge in [0.25, 0.3) is 0 Å². The number of nitrogens with two attached hydrogens (primary N) is 1. The summed E-state index contributed by atoms with van der Waals surface area (Å²) in [5.41, 5.74) is 7.96. The molecule has 0 atom stereocenters. The Bertz CT molecular complexity index is 1340. The summed E-state index contributed by atoms with van der Waals surface area (Å²) in [5, 5.41) is 26.9. The number of aromatic amines is 1. The molecule has 4 aromatic rings. The van der Waals surface area contributed by atoms with Gasteiger partial charge in [-0.3, -0.25) is 5.10 Å². The number of nitrogen functional groups attached to an aromatic ring is 1. The number of anilines is 1. The van der Waals surface area contributed by atoms with Crippen LogP contribution < -0.4 is 10.5 Å². The normalized spacial score (nSPS) is 11.1. The van der Waals surface area contributed by atoms with Crippen LogP contribution in [0.5, 0.6) is 11.5 Å². The third-order valence-electron chi connectivity index (χ3n) is 5.22. The highest BCUT2D eigenvalue weighted by Gasteiger charge is 2.23. The van der Waals surface area contributed by atoms with Gasteiger partial charge in [-0.25, -0.2) is 9.37 Å². The van der Waals surface area contributed by atoms with Gasteiger partial charge < -0.3 is 20.5 Å². The first kappa shape index (κ1) is 22.0. The zero-order valence-electron chi connectivity index (χ0n) is 18.3. The van der Waals surface area contributed by atoms with Gasteiger partial charge in [0.1, 0.15) is 23.4 Å². The average molecular weight is 446 g/mol. The molecule has 0 aliphatic rings. The molecule has 2 aromatic carbocycles. The zero-order valence-corrected chi connectivity index (χ0v) is 18.3. The zero-order chi connectivity index (χ0) is 23.5. The van der Waals surface area contributed by atoms with Crippen LogP contribution in [-0.4, -0.2) is 52.4 Å². The molecule has 9 heteroatoms. The largest absolute Gasteiger partial charge is 0.508 e. The molecule has 8 nitrogen and oxygen atoms in total. The molecular weight excluding hydrogens is 423 g/mol. The van der Waals surface area contributed by atoms with Crippen molar-refractivity contribution >= 4 is 16.9 Å². The van der Waals surface area contributed by atoms with Gasteiger partial charge in [-0.2, -0.15) is 10.4 Å². The Morgan fingerprint density at radius 1 is 1.21 bits per heavy atom. The molecule has 0 unspecified atom stereocenters. The van der Waals surface area contributed by atoms with Gasteiger partial charge in [0, 0.05) is 23.7 Å². The molecular formula is C24H23FN6O2. The number of halogens is 1. The molecule has 168 valence electrons. The minimum Gasteiger partial charge on any atom is -0.508 e. The molecule has 2 aromatic heterocycles. The van der Waals surface area contributed by atoms with Crippen molar-refractivity contribution < 1.29 is 14.2 Å². The summed E-state index contributed by atoms with van der Waals surface area (Å²) in [7, 11) is 4.02. The van der Waals surface area contributed by atoms with Gasteiger partial charge in [-0.1, -0.05) is 12.1 Å². The Hall–Kier alpha value is -4.16. The maximum Gasteiger partial charge on any atom is 0.158 e. The minimum absolute atomic E-state index is 0.0847. The molecule has 0 bridgehead atoms. The molecule has 0 spiro atoms. The van der Waals surface area contributed by atoms with Crippen LogP contribution in [0, 0.1) is 17.1 Å². The van der Waals surface area contributed by atoms with E-state index < -0.39 is 5.82 Å². The molecule has 0 aliphatic carbocycles. The van der Waals surface area contributed by atoms with E-state index in [0.717, 1.165) is 19.0 Å². The van der Waals surface area contributed by atoms with E-state index in [4.69, 9.17) is 10.5 Å². The summed E-state index contributed by atoms with van der Waals surface area (Å²) in [6.45, 7) is 1.51. The van der Waals surface area contributed by atoms with Crippen molar-refractivity contribution in [1.82, 2.24) is 20.1 Å². The molecule has 33 heavy (non-hydrogen) atoms. The van der Waals surface area contributed by atoms with Crippen LogP contribution in [0.15, 0.2) is 42.5 Å². The first-order chi connectivity index (χ1) is 15.9. The average Bonchev–Trinajstić information content (AvgIpc) is 3.16. The van der Waals surface area contributed by atoms with Gasteiger partial charge >= 0.3 is 0 Å². The molecule has 4 rings (SSSR count). The van der Waals surface area contributed by atoms with E-state index in [2.05, 4.69) is 26.2 Å². The number of hydrogen-bond acceptors (Lipinski definition) is 7. The minimum atomic E-state index is -0.696. The summed E-state index contributed by atoms with van der Waals surface area (Å²) in [6, 6.07) is 13.1. The van der Waals surface area contributed by atoms with E-state index in [0.29, 0.717) is 34.5 Å². The molecule has 2 heterocycles. The number of benzene rings is 2. The number of nitrogens with one attached hydrogen (secondary N) is 1. The Morgan fingerprint density at radius 3 is 2.64 bits per heavy atom. The Kier molecular flexibility index (Phi) is 6.11. The molecule has 0 aliphatic heterocycles. The standard InChI is InChI=1S/C24H23FN6O2/c1-31(2)10-3-11-33-16-7-4-14(5-8-16)20-18(13-26)22(17-9-6-15(32)12-19(17)25)28-24-21(20)23(27)29-30-24/h4-9,12,32H,3,10-11H2,1-2H3,(H3,27,28,29,30). The van der Waals surface area contributed by atoms with Crippen molar-refractivity contribution in [2.24, 2.45) is 0 Å². The third-order valence-corrected chi connectivity index (χ3v) is 5.22. The number of fused-ring (bicyclic) bond motifs is 1. The number of aromatic nitrogens is 3. The SMILES string of the molecule is CN(C)CCCOc1ccc(-c2c(C#N)c(-c3ccc(O)cc3F)nc3[nH]nc(N)c23)cc1. The monoisotopic (exact) mass is 446 g/mol. The highest BCUT2D eigenvalue weighted by Crippen LogP contribution is 2.39. The predicted molar refractivity (Wildman–Crippen MR) is 124 cm³/mol. The van der Waals surface area contributed by atoms with Crippen LogP contribution in [0.25, 0.3) is 33.4 Å². The van der Waals surface area contributed by atoms with Gasteiger partial charge in [-0.05, 0) is 50.3 Å². The Morgan fingerprint density at radius 2 is 1.97 bits per heavy atom. The maximum atomic E-state index is 14.7. The highest BCUT2D eigenvalue weighted by atomic mass is 19.1. The number of rotatable bonds is 7. The van der Waals surface area contributed by atoms with E-state index in [1.54, 1.807) is 0 Å². The van der Waals surface area contributed by atoms with Crippen LogP contribution in [0.2, 0.25) is 0 Å². The second-order valence-corrected chi connectivity index (χ2v) is 7.85. The number of H-pyrrole nitrogens is 1. The molecule has 0 amide bonds. The maximum absolute atomic E-state index is 14.7. The van der Waals surface area contributed by atoms with E-state index in [-0.39, 0.29) is 28.4 Å². The summed E-state index contributed by atoms with van der Waals surface area (Å²) >= 11 is 0. The number of aromatic hydroxyl groups is 1. The van der Waals surface area contributed by atoms with Crippen molar-refractivity contribution in [3.63, 3.8) is 0 Å². The second kappa shape index (κ2) is 9.14. The molecule has 0 saturated heterocycles. The number of ether oxygens (including phenoxy) is 1. The molecule has 0 radical (unpaired) electrons. The Labute approximate surface area is 190 Å². The van der Waals surface area contributed by atoms with E-state index in [9.17, 15) is 14.8 Å². The van der Waals surface area contributed by atoms with Crippen molar-refractivity contribution in [2.75, 3.05) is 33.0 Å². The van der Waals surface area contributed by atoms with Gasteiger partial charge in [0.05, 0.1) is 23.3 Å². The molecule has 0 saturated carbocycles. The lowest BCUT2D eigenvalue weighted by Crippen LogP contribution is -2.15. The lowest BCUT2D eigenvalue weighted by atomic mass is 9.93. The summed E-state index contributed by atoms with van der Waals surface area (Å²) in [4.78, 5) is 6.52. The van der Waals surface area contributed by atoms with Crippen LogP contribution in [0.1, 0.15) is 12.0 Å². The fourth-order valence-electron chi connectivity index (χ4n) is 3.66. The molecule has 0 fully saturated rings.